The van der Waals surface area contributed by atoms with Gasteiger partial charge in [-0.05, 0) is 48.4 Å². The smallest absolute Gasteiger partial charge is 0.333 e. The Bertz CT molecular complexity index is 1040. The minimum atomic E-state index is -0.953. The van der Waals surface area contributed by atoms with Crippen LogP contribution in [0.5, 0.6) is 17.2 Å². The fourth-order valence-corrected chi connectivity index (χ4v) is 3.62. The molecule has 1 heterocycles. The Morgan fingerprint density at radius 2 is 1.58 bits per heavy atom. The summed E-state index contributed by atoms with van der Waals surface area (Å²) in [5.41, 5.74) is 4.04. The van der Waals surface area contributed by atoms with Gasteiger partial charge in [0.1, 0.15) is 23.9 Å². The van der Waals surface area contributed by atoms with Crippen LogP contribution in [-0.2, 0) is 16.0 Å². The summed E-state index contributed by atoms with van der Waals surface area (Å²) in [7, 11) is 0. The summed E-state index contributed by atoms with van der Waals surface area (Å²) in [5.74, 6) is 1.43. The van der Waals surface area contributed by atoms with Crippen molar-refractivity contribution in [2.24, 2.45) is 0 Å². The summed E-state index contributed by atoms with van der Waals surface area (Å²) in [6, 6.07) is 23.4. The van der Waals surface area contributed by atoms with Crippen molar-refractivity contribution in [1.29, 1.82) is 0 Å². The zero-order chi connectivity index (χ0) is 21.6. The number of ether oxygens (including phenoxy) is 3. The Kier molecular flexibility index (Phi) is 6.34. The topological polar surface area (TPSA) is 65.0 Å². The van der Waals surface area contributed by atoms with Crippen LogP contribution < -0.4 is 9.47 Å². The molecular formula is C26H24O5. The average molecular weight is 416 g/mol. The highest BCUT2D eigenvalue weighted by molar-refractivity contribution is 5.87. The van der Waals surface area contributed by atoms with E-state index in [0.717, 1.165) is 39.5 Å². The summed E-state index contributed by atoms with van der Waals surface area (Å²) in [6.45, 7) is 2.55. The van der Waals surface area contributed by atoms with Crippen LogP contribution in [0, 0.1) is 0 Å². The quantitative estimate of drug-likeness (QED) is 0.420. The number of para-hydroxylation sites is 2. The molecule has 3 aromatic carbocycles. The van der Waals surface area contributed by atoms with E-state index in [9.17, 15) is 9.90 Å². The van der Waals surface area contributed by atoms with E-state index in [1.165, 1.54) is 0 Å². The largest absolute Gasteiger partial charge is 0.490 e. The SMILES string of the molecule is CCOC(Cc1ccc(OCC=C2c3ccccc3Oc3ccccc32)cc1)C(=O)O. The molecule has 158 valence electrons. The Hall–Kier alpha value is -3.57. The Balaban J connectivity index is 1.46. The van der Waals surface area contributed by atoms with Crippen molar-refractivity contribution in [3.63, 3.8) is 0 Å². The molecule has 0 amide bonds. The summed E-state index contributed by atoms with van der Waals surface area (Å²) in [6.07, 6.45) is 1.54. The summed E-state index contributed by atoms with van der Waals surface area (Å²) < 4.78 is 17.2. The van der Waals surface area contributed by atoms with Gasteiger partial charge in [0.15, 0.2) is 6.10 Å². The van der Waals surface area contributed by atoms with Crippen LogP contribution in [0.1, 0.15) is 23.6 Å². The van der Waals surface area contributed by atoms with E-state index < -0.39 is 12.1 Å². The molecule has 4 rings (SSSR count). The minimum absolute atomic E-state index is 0.321. The third-order valence-electron chi connectivity index (χ3n) is 5.10. The van der Waals surface area contributed by atoms with Gasteiger partial charge in [0.2, 0.25) is 0 Å². The Morgan fingerprint density at radius 1 is 0.968 bits per heavy atom. The van der Waals surface area contributed by atoms with Gasteiger partial charge in [0.05, 0.1) is 0 Å². The first-order valence-electron chi connectivity index (χ1n) is 10.3. The molecule has 0 fully saturated rings. The molecule has 0 aromatic heterocycles. The van der Waals surface area contributed by atoms with Crippen molar-refractivity contribution in [3.05, 3.63) is 95.6 Å². The molecular weight excluding hydrogens is 392 g/mol. The lowest BCUT2D eigenvalue weighted by atomic mass is 9.94. The van der Waals surface area contributed by atoms with E-state index in [2.05, 4.69) is 6.08 Å². The number of hydrogen-bond donors (Lipinski definition) is 1. The highest BCUT2D eigenvalue weighted by atomic mass is 16.5. The van der Waals surface area contributed by atoms with E-state index in [0.29, 0.717) is 19.6 Å². The fraction of sp³-hybridized carbons (Fsp3) is 0.192. The molecule has 1 atom stereocenters. The van der Waals surface area contributed by atoms with Crippen molar-refractivity contribution in [1.82, 2.24) is 0 Å². The maximum Gasteiger partial charge on any atom is 0.333 e. The lowest BCUT2D eigenvalue weighted by Gasteiger charge is -2.22. The molecule has 0 saturated carbocycles. The predicted octanol–water partition coefficient (Wildman–Crippen LogP) is 5.34. The van der Waals surface area contributed by atoms with Gasteiger partial charge in [-0.25, -0.2) is 4.79 Å². The maximum atomic E-state index is 11.3. The molecule has 3 aromatic rings. The normalized spacial score (nSPS) is 12.9. The lowest BCUT2D eigenvalue weighted by Crippen LogP contribution is -2.26. The molecule has 1 aliphatic heterocycles. The van der Waals surface area contributed by atoms with Crippen molar-refractivity contribution < 1.29 is 24.1 Å². The van der Waals surface area contributed by atoms with Crippen molar-refractivity contribution >= 4 is 11.5 Å². The lowest BCUT2D eigenvalue weighted by molar-refractivity contribution is -0.149. The first kappa shape index (κ1) is 20.7. The van der Waals surface area contributed by atoms with Crippen LogP contribution in [0.25, 0.3) is 5.57 Å². The third kappa shape index (κ3) is 4.78. The molecule has 31 heavy (non-hydrogen) atoms. The van der Waals surface area contributed by atoms with Gasteiger partial charge in [-0.3, -0.25) is 0 Å². The molecule has 0 radical (unpaired) electrons. The standard InChI is InChI=1S/C26H24O5/c1-2-29-25(26(27)28)17-18-11-13-19(14-12-18)30-16-15-20-21-7-3-5-9-23(21)31-24-10-6-4-8-22(20)24/h3-15,25H,2,16-17H2,1H3,(H,27,28). The van der Waals surface area contributed by atoms with Crippen molar-refractivity contribution in [2.45, 2.75) is 19.4 Å². The first-order valence-corrected chi connectivity index (χ1v) is 10.3. The van der Waals surface area contributed by atoms with Crippen LogP contribution in [0.2, 0.25) is 0 Å². The molecule has 1 N–H and O–H groups in total. The second-order valence-electron chi connectivity index (χ2n) is 7.15. The van der Waals surface area contributed by atoms with Crippen LogP contribution >= 0.6 is 0 Å². The molecule has 1 aliphatic rings. The highest BCUT2D eigenvalue weighted by Crippen LogP contribution is 2.43. The monoisotopic (exact) mass is 416 g/mol. The average Bonchev–Trinajstić information content (AvgIpc) is 2.79. The number of rotatable bonds is 8. The number of hydrogen-bond acceptors (Lipinski definition) is 4. The van der Waals surface area contributed by atoms with Crippen molar-refractivity contribution in [3.8, 4) is 17.2 Å². The van der Waals surface area contributed by atoms with E-state index in [1.807, 2.05) is 72.8 Å². The van der Waals surface area contributed by atoms with Crippen molar-refractivity contribution in [2.75, 3.05) is 13.2 Å². The van der Waals surface area contributed by atoms with E-state index in [-0.39, 0.29) is 0 Å². The third-order valence-corrected chi connectivity index (χ3v) is 5.10. The van der Waals surface area contributed by atoms with Gasteiger partial charge in [0.25, 0.3) is 0 Å². The molecule has 0 spiro atoms. The van der Waals surface area contributed by atoms with Gasteiger partial charge in [-0.2, -0.15) is 0 Å². The molecule has 0 bridgehead atoms. The van der Waals surface area contributed by atoms with Crippen LogP contribution in [-0.4, -0.2) is 30.4 Å². The molecule has 5 nitrogen and oxygen atoms in total. The van der Waals surface area contributed by atoms with E-state index >= 15 is 0 Å². The zero-order valence-electron chi connectivity index (χ0n) is 17.3. The number of carboxylic acid groups (broad SMARTS) is 1. The van der Waals surface area contributed by atoms with Gasteiger partial charge < -0.3 is 19.3 Å². The van der Waals surface area contributed by atoms with Gasteiger partial charge in [-0.15, -0.1) is 0 Å². The number of carboxylic acids is 1. The van der Waals surface area contributed by atoms with Gasteiger partial charge in [-0.1, -0.05) is 48.5 Å². The van der Waals surface area contributed by atoms with Gasteiger partial charge >= 0.3 is 5.97 Å². The van der Waals surface area contributed by atoms with E-state index in [4.69, 9.17) is 14.2 Å². The summed E-state index contributed by atoms with van der Waals surface area (Å²) >= 11 is 0. The first-order chi connectivity index (χ1) is 15.2. The molecule has 1 unspecified atom stereocenters. The van der Waals surface area contributed by atoms with Crippen LogP contribution in [0.4, 0.5) is 0 Å². The Morgan fingerprint density at radius 3 is 2.16 bits per heavy atom. The number of fused-ring (bicyclic) bond motifs is 2. The molecule has 0 saturated heterocycles. The molecule has 0 aliphatic carbocycles. The summed E-state index contributed by atoms with van der Waals surface area (Å²) in [4.78, 5) is 11.3. The maximum absolute atomic E-state index is 11.3. The molecule has 5 heteroatoms. The number of carbonyl (C=O) groups is 1. The highest BCUT2D eigenvalue weighted by Gasteiger charge is 2.21. The summed E-state index contributed by atoms with van der Waals surface area (Å²) in [5, 5.41) is 9.23. The zero-order valence-corrected chi connectivity index (χ0v) is 17.3. The second kappa shape index (κ2) is 9.49. The van der Waals surface area contributed by atoms with Gasteiger partial charge in [0, 0.05) is 24.2 Å². The van der Waals surface area contributed by atoms with E-state index in [1.54, 1.807) is 6.92 Å². The predicted molar refractivity (Wildman–Crippen MR) is 119 cm³/mol. The minimum Gasteiger partial charge on any atom is -0.490 e. The van der Waals surface area contributed by atoms with Crippen LogP contribution in [0.15, 0.2) is 78.9 Å². The Labute approximate surface area is 181 Å². The fourth-order valence-electron chi connectivity index (χ4n) is 3.62. The number of benzene rings is 3. The van der Waals surface area contributed by atoms with Crippen LogP contribution in [0.3, 0.4) is 0 Å². The number of aliphatic carboxylic acids is 1. The second-order valence-corrected chi connectivity index (χ2v) is 7.15.